The third-order valence-electron chi connectivity index (χ3n) is 3.70. The van der Waals surface area contributed by atoms with E-state index in [0.29, 0.717) is 19.4 Å². The fourth-order valence-corrected chi connectivity index (χ4v) is 2.70. The molecule has 0 aromatic heterocycles. The van der Waals surface area contributed by atoms with Gasteiger partial charge in [-0.05, 0) is 38.0 Å². The lowest BCUT2D eigenvalue weighted by atomic mass is 9.98. The van der Waals surface area contributed by atoms with Gasteiger partial charge in [-0.25, -0.2) is 4.39 Å². The van der Waals surface area contributed by atoms with Crippen molar-refractivity contribution in [2.75, 3.05) is 25.0 Å². The van der Waals surface area contributed by atoms with Gasteiger partial charge in [-0.1, -0.05) is 11.6 Å². The molecule has 24 heavy (non-hydrogen) atoms. The molecule has 0 radical (unpaired) electrons. The number of benzene rings is 1. The molecule has 8 heteroatoms. The predicted molar refractivity (Wildman–Crippen MR) is 86.0 cm³/mol. The van der Waals surface area contributed by atoms with Crippen LogP contribution in [-0.4, -0.2) is 42.4 Å². The summed E-state index contributed by atoms with van der Waals surface area (Å²) in [5.74, 6) is -3.00. The topological polar surface area (TPSA) is 75.7 Å². The normalized spacial score (nSPS) is 17.3. The van der Waals surface area contributed by atoms with Crippen molar-refractivity contribution in [2.45, 2.75) is 19.8 Å². The second-order valence-corrected chi connectivity index (χ2v) is 5.83. The summed E-state index contributed by atoms with van der Waals surface area (Å²) in [5, 5.41) is 2.23. The van der Waals surface area contributed by atoms with Crippen molar-refractivity contribution in [1.29, 1.82) is 0 Å². The Labute approximate surface area is 143 Å². The van der Waals surface area contributed by atoms with Gasteiger partial charge in [-0.3, -0.25) is 14.4 Å². The summed E-state index contributed by atoms with van der Waals surface area (Å²) < 4.78 is 18.1. The summed E-state index contributed by atoms with van der Waals surface area (Å²) in [5.41, 5.74) is 0.221. The molecule has 130 valence electrons. The van der Waals surface area contributed by atoms with Crippen LogP contribution in [-0.2, 0) is 19.1 Å². The molecular formula is C16H18ClFN2O4. The number of anilines is 1. The zero-order chi connectivity index (χ0) is 17.7. The molecule has 2 rings (SSSR count). The third-order valence-corrected chi connectivity index (χ3v) is 3.99. The summed E-state index contributed by atoms with van der Waals surface area (Å²) >= 11 is 5.64. The lowest BCUT2D eigenvalue weighted by Gasteiger charge is -2.30. The Kier molecular flexibility index (Phi) is 6.14. The minimum absolute atomic E-state index is 0.148. The number of nitrogens with zero attached hydrogens (tertiary/aromatic N) is 1. The van der Waals surface area contributed by atoms with Gasteiger partial charge in [-0.2, -0.15) is 0 Å². The number of carbonyl (C=O) groups is 3. The van der Waals surface area contributed by atoms with Crippen LogP contribution >= 0.6 is 11.6 Å². The number of ether oxygens (including phenoxy) is 1. The highest BCUT2D eigenvalue weighted by Gasteiger charge is 2.32. The number of rotatable bonds is 3. The summed E-state index contributed by atoms with van der Waals surface area (Å²) in [6.07, 6.45) is 1.24. The monoisotopic (exact) mass is 356 g/mol. The van der Waals surface area contributed by atoms with Crippen molar-refractivity contribution in [3.05, 3.63) is 29.0 Å². The minimum Gasteiger partial charge on any atom is -0.466 e. The van der Waals surface area contributed by atoms with E-state index in [9.17, 15) is 18.8 Å². The largest absolute Gasteiger partial charge is 0.466 e. The molecule has 1 atom stereocenters. The Balaban J connectivity index is 1.98. The summed E-state index contributed by atoms with van der Waals surface area (Å²) in [7, 11) is 0. The summed E-state index contributed by atoms with van der Waals surface area (Å²) in [6, 6.07) is 3.63. The zero-order valence-corrected chi connectivity index (χ0v) is 13.9. The van der Waals surface area contributed by atoms with Gasteiger partial charge in [0.25, 0.3) is 0 Å². The Morgan fingerprint density at radius 3 is 2.83 bits per heavy atom. The van der Waals surface area contributed by atoms with E-state index in [4.69, 9.17) is 16.3 Å². The fourth-order valence-electron chi connectivity index (χ4n) is 2.52. The van der Waals surface area contributed by atoms with Crippen LogP contribution < -0.4 is 5.32 Å². The van der Waals surface area contributed by atoms with Gasteiger partial charge in [0.2, 0.25) is 0 Å². The van der Waals surface area contributed by atoms with E-state index in [-0.39, 0.29) is 29.8 Å². The highest BCUT2D eigenvalue weighted by Crippen LogP contribution is 2.21. The van der Waals surface area contributed by atoms with Crippen LogP contribution in [0, 0.1) is 11.7 Å². The van der Waals surface area contributed by atoms with Crippen LogP contribution in [0.25, 0.3) is 0 Å². The standard InChI is InChI=1S/C16H18ClFN2O4/c1-2-24-16(23)10-4-3-7-20(9-10)15(22)14(21)19-11-5-6-13(18)12(17)8-11/h5-6,8,10H,2-4,7,9H2,1H3,(H,19,21). The van der Waals surface area contributed by atoms with Crippen molar-refractivity contribution in [2.24, 2.45) is 5.92 Å². The highest BCUT2D eigenvalue weighted by molar-refractivity contribution is 6.39. The lowest BCUT2D eigenvalue weighted by molar-refractivity contribution is -0.153. The number of nitrogens with one attached hydrogen (secondary N) is 1. The number of amides is 2. The molecule has 1 aromatic rings. The molecule has 1 saturated heterocycles. The quantitative estimate of drug-likeness (QED) is 0.665. The van der Waals surface area contributed by atoms with Crippen LogP contribution in [0.3, 0.4) is 0 Å². The number of hydrogen-bond acceptors (Lipinski definition) is 4. The zero-order valence-electron chi connectivity index (χ0n) is 13.2. The first-order chi connectivity index (χ1) is 11.4. The average molecular weight is 357 g/mol. The molecule has 0 saturated carbocycles. The number of hydrogen-bond donors (Lipinski definition) is 1. The smallest absolute Gasteiger partial charge is 0.313 e. The van der Waals surface area contributed by atoms with Crippen LogP contribution in [0.2, 0.25) is 5.02 Å². The van der Waals surface area contributed by atoms with E-state index in [1.807, 2.05) is 0 Å². The van der Waals surface area contributed by atoms with Gasteiger partial charge in [0, 0.05) is 18.8 Å². The predicted octanol–water partition coefficient (Wildman–Crippen LogP) is 2.22. The Morgan fingerprint density at radius 1 is 1.42 bits per heavy atom. The summed E-state index contributed by atoms with van der Waals surface area (Å²) in [4.78, 5) is 37.4. The fraction of sp³-hybridized carbons (Fsp3) is 0.438. The number of carbonyl (C=O) groups excluding carboxylic acids is 3. The van der Waals surface area contributed by atoms with E-state index in [0.717, 1.165) is 6.07 Å². The molecule has 2 amide bonds. The van der Waals surface area contributed by atoms with Crippen molar-refractivity contribution in [1.82, 2.24) is 4.90 Å². The van der Waals surface area contributed by atoms with E-state index in [1.165, 1.54) is 17.0 Å². The molecule has 0 aliphatic carbocycles. The van der Waals surface area contributed by atoms with Crippen LogP contribution in [0.5, 0.6) is 0 Å². The molecule has 1 N–H and O–H groups in total. The van der Waals surface area contributed by atoms with Gasteiger partial charge in [0.1, 0.15) is 5.82 Å². The van der Waals surface area contributed by atoms with Crippen LogP contribution in [0.15, 0.2) is 18.2 Å². The van der Waals surface area contributed by atoms with Crippen LogP contribution in [0.1, 0.15) is 19.8 Å². The first-order valence-electron chi connectivity index (χ1n) is 7.64. The number of esters is 1. The maximum atomic E-state index is 13.1. The van der Waals surface area contributed by atoms with Gasteiger partial charge in [0.05, 0.1) is 17.5 Å². The minimum atomic E-state index is -0.859. The Morgan fingerprint density at radius 2 is 2.17 bits per heavy atom. The van der Waals surface area contributed by atoms with E-state index in [2.05, 4.69) is 5.32 Å². The SMILES string of the molecule is CCOC(=O)C1CCCN(C(=O)C(=O)Nc2ccc(F)c(Cl)c2)C1. The molecule has 1 aliphatic rings. The van der Waals surface area contributed by atoms with Gasteiger partial charge in [0.15, 0.2) is 0 Å². The first-order valence-corrected chi connectivity index (χ1v) is 8.02. The maximum Gasteiger partial charge on any atom is 0.313 e. The third kappa shape index (κ3) is 4.44. The van der Waals surface area contributed by atoms with Crippen molar-refractivity contribution >= 4 is 35.1 Å². The van der Waals surface area contributed by atoms with Crippen LogP contribution in [0.4, 0.5) is 10.1 Å². The molecule has 1 fully saturated rings. The van der Waals surface area contributed by atoms with E-state index in [1.54, 1.807) is 6.92 Å². The second-order valence-electron chi connectivity index (χ2n) is 5.43. The second kappa shape index (κ2) is 8.10. The van der Waals surface area contributed by atoms with E-state index >= 15 is 0 Å². The van der Waals surface area contributed by atoms with Gasteiger partial charge in [-0.15, -0.1) is 0 Å². The molecule has 1 unspecified atom stereocenters. The lowest BCUT2D eigenvalue weighted by Crippen LogP contribution is -2.47. The molecular weight excluding hydrogens is 339 g/mol. The summed E-state index contributed by atoms with van der Waals surface area (Å²) in [6.45, 7) is 2.53. The Bertz CT molecular complexity index is 653. The molecule has 1 aliphatic heterocycles. The molecule has 6 nitrogen and oxygen atoms in total. The number of halogens is 2. The van der Waals surface area contributed by atoms with Gasteiger partial charge < -0.3 is 15.0 Å². The molecule has 0 bridgehead atoms. The van der Waals surface area contributed by atoms with Crippen molar-refractivity contribution in [3.8, 4) is 0 Å². The van der Waals surface area contributed by atoms with Crippen molar-refractivity contribution < 1.29 is 23.5 Å². The molecule has 1 heterocycles. The number of likely N-dealkylation sites (tertiary alicyclic amines) is 1. The highest BCUT2D eigenvalue weighted by atomic mass is 35.5. The first kappa shape index (κ1) is 18.2. The molecule has 1 aromatic carbocycles. The Hall–Kier alpha value is -2.15. The molecule has 0 spiro atoms. The average Bonchev–Trinajstić information content (AvgIpc) is 2.57. The maximum absolute atomic E-state index is 13.1. The number of piperidine rings is 1. The van der Waals surface area contributed by atoms with Gasteiger partial charge >= 0.3 is 17.8 Å². The van der Waals surface area contributed by atoms with E-state index < -0.39 is 23.5 Å². The van der Waals surface area contributed by atoms with Crippen molar-refractivity contribution in [3.63, 3.8) is 0 Å².